The summed E-state index contributed by atoms with van der Waals surface area (Å²) in [6.45, 7) is 9.13. The zero-order valence-electron chi connectivity index (χ0n) is 14.0. The minimum absolute atomic E-state index is 0.302. The van der Waals surface area contributed by atoms with Gasteiger partial charge in [-0.1, -0.05) is 37.6 Å². The van der Waals surface area contributed by atoms with E-state index in [0.29, 0.717) is 29.7 Å². The Morgan fingerprint density at radius 1 is 1.22 bits per heavy atom. The molecule has 0 amide bonds. The molecule has 0 unspecified atom stereocenters. The van der Waals surface area contributed by atoms with Crippen molar-refractivity contribution in [2.45, 2.75) is 46.8 Å². The maximum Gasteiger partial charge on any atom is 0.337 e. The highest BCUT2D eigenvalue weighted by Crippen LogP contribution is 2.24. The van der Waals surface area contributed by atoms with Gasteiger partial charge in [0.25, 0.3) is 0 Å². The van der Waals surface area contributed by atoms with Crippen molar-refractivity contribution >= 4 is 17.6 Å². The third kappa shape index (κ3) is 3.95. The minimum Gasteiger partial charge on any atom is -0.478 e. The Morgan fingerprint density at radius 2 is 1.83 bits per heavy atom. The second-order valence-electron chi connectivity index (χ2n) is 6.08. The van der Waals surface area contributed by atoms with E-state index in [0.717, 1.165) is 22.5 Å². The van der Waals surface area contributed by atoms with E-state index in [-0.39, 0.29) is 0 Å². The average Bonchev–Trinajstić information content (AvgIpc) is 2.71. The van der Waals surface area contributed by atoms with E-state index < -0.39 is 5.97 Å². The molecule has 0 spiro atoms. The van der Waals surface area contributed by atoms with Gasteiger partial charge in [-0.05, 0) is 31.5 Å². The average molecular weight is 335 g/mol. The fraction of sp³-hybridized carbons (Fsp3) is 0.389. The van der Waals surface area contributed by atoms with Crippen molar-refractivity contribution < 1.29 is 9.90 Å². The van der Waals surface area contributed by atoms with E-state index >= 15 is 0 Å². The van der Waals surface area contributed by atoms with Gasteiger partial charge in [-0.3, -0.25) is 0 Å². The van der Waals surface area contributed by atoms with Crippen LogP contribution in [0.1, 0.15) is 46.7 Å². The quantitative estimate of drug-likeness (QED) is 0.839. The van der Waals surface area contributed by atoms with Gasteiger partial charge in [-0.2, -0.15) is 0 Å². The standard InChI is InChI=1S/C18H23ClN2O2/c1-11(2)20-9-16-12(3)21(13(4)17(16)18(22)23)10-14-5-7-15(19)8-6-14/h5-8,11,20H,9-10H2,1-4H3,(H,22,23). The van der Waals surface area contributed by atoms with E-state index in [2.05, 4.69) is 9.88 Å². The monoisotopic (exact) mass is 334 g/mol. The second kappa shape index (κ2) is 7.20. The van der Waals surface area contributed by atoms with Gasteiger partial charge in [0, 0.05) is 41.1 Å². The Hall–Kier alpha value is -1.78. The zero-order valence-corrected chi connectivity index (χ0v) is 14.7. The number of carboxylic acids is 1. The van der Waals surface area contributed by atoms with E-state index in [4.69, 9.17) is 11.6 Å². The lowest BCUT2D eigenvalue weighted by molar-refractivity contribution is 0.0694. The van der Waals surface area contributed by atoms with Crippen LogP contribution in [-0.4, -0.2) is 21.7 Å². The summed E-state index contributed by atoms with van der Waals surface area (Å²) in [6.07, 6.45) is 0. The molecule has 0 aliphatic heterocycles. The van der Waals surface area contributed by atoms with Gasteiger partial charge in [-0.15, -0.1) is 0 Å². The van der Waals surface area contributed by atoms with Crippen LogP contribution < -0.4 is 5.32 Å². The van der Waals surface area contributed by atoms with Crippen molar-refractivity contribution in [2.75, 3.05) is 0 Å². The topological polar surface area (TPSA) is 54.3 Å². The van der Waals surface area contributed by atoms with E-state index in [9.17, 15) is 9.90 Å². The molecule has 1 aromatic heterocycles. The van der Waals surface area contributed by atoms with Crippen LogP contribution in [0, 0.1) is 13.8 Å². The lowest BCUT2D eigenvalue weighted by atomic mass is 10.1. The second-order valence-corrected chi connectivity index (χ2v) is 6.51. The molecule has 23 heavy (non-hydrogen) atoms. The molecule has 0 bridgehead atoms. The normalized spacial score (nSPS) is 11.2. The highest BCUT2D eigenvalue weighted by molar-refractivity contribution is 6.30. The minimum atomic E-state index is -0.874. The van der Waals surface area contributed by atoms with Gasteiger partial charge < -0.3 is 15.0 Å². The Kier molecular flexibility index (Phi) is 5.50. The fourth-order valence-electron chi connectivity index (χ4n) is 2.76. The molecule has 5 heteroatoms. The molecule has 4 nitrogen and oxygen atoms in total. The van der Waals surface area contributed by atoms with Crippen molar-refractivity contribution in [1.29, 1.82) is 0 Å². The predicted octanol–water partition coefficient (Wildman–Crippen LogP) is 4.00. The smallest absolute Gasteiger partial charge is 0.337 e. The van der Waals surface area contributed by atoms with Crippen LogP contribution >= 0.6 is 11.6 Å². The predicted molar refractivity (Wildman–Crippen MR) is 93.4 cm³/mol. The lowest BCUT2D eigenvalue weighted by Crippen LogP contribution is -2.23. The van der Waals surface area contributed by atoms with Crippen LogP contribution in [0.3, 0.4) is 0 Å². The number of aromatic carboxylic acids is 1. The Morgan fingerprint density at radius 3 is 2.35 bits per heavy atom. The number of hydrogen-bond acceptors (Lipinski definition) is 2. The molecule has 0 aliphatic rings. The summed E-state index contributed by atoms with van der Waals surface area (Å²) < 4.78 is 2.06. The van der Waals surface area contributed by atoms with Crippen molar-refractivity contribution in [3.8, 4) is 0 Å². The summed E-state index contributed by atoms with van der Waals surface area (Å²) in [5.41, 5.74) is 4.13. The molecule has 0 saturated heterocycles. The molecule has 1 heterocycles. The first kappa shape index (κ1) is 17.6. The summed E-state index contributed by atoms with van der Waals surface area (Å²) in [5.74, 6) is -0.874. The largest absolute Gasteiger partial charge is 0.478 e. The van der Waals surface area contributed by atoms with Crippen molar-refractivity contribution in [2.24, 2.45) is 0 Å². The molecule has 0 radical (unpaired) electrons. The van der Waals surface area contributed by atoms with Gasteiger partial charge in [0.05, 0.1) is 5.56 Å². The third-order valence-electron chi connectivity index (χ3n) is 4.06. The van der Waals surface area contributed by atoms with Gasteiger partial charge >= 0.3 is 5.97 Å². The van der Waals surface area contributed by atoms with E-state index in [1.54, 1.807) is 0 Å². The molecule has 1 aromatic carbocycles. The van der Waals surface area contributed by atoms with Crippen molar-refractivity contribution in [3.05, 3.63) is 57.4 Å². The fourth-order valence-corrected chi connectivity index (χ4v) is 2.89. The number of nitrogens with one attached hydrogen (secondary N) is 1. The molecule has 0 fully saturated rings. The number of rotatable bonds is 6. The van der Waals surface area contributed by atoms with Gasteiger partial charge in [0.2, 0.25) is 0 Å². The van der Waals surface area contributed by atoms with Crippen LogP contribution in [0.15, 0.2) is 24.3 Å². The highest BCUT2D eigenvalue weighted by atomic mass is 35.5. The summed E-state index contributed by atoms with van der Waals surface area (Å²) in [4.78, 5) is 11.7. The van der Waals surface area contributed by atoms with Gasteiger partial charge in [0.1, 0.15) is 0 Å². The van der Waals surface area contributed by atoms with Crippen LogP contribution in [-0.2, 0) is 13.1 Å². The number of halogens is 1. The Labute approximate surface area is 142 Å². The first-order valence-electron chi connectivity index (χ1n) is 7.71. The molecule has 124 valence electrons. The maximum atomic E-state index is 11.7. The maximum absolute atomic E-state index is 11.7. The molecule has 0 aliphatic carbocycles. The SMILES string of the molecule is Cc1c(CNC(C)C)c(C(=O)O)c(C)n1Cc1ccc(Cl)cc1. The molecule has 0 atom stereocenters. The zero-order chi connectivity index (χ0) is 17.1. The van der Waals surface area contributed by atoms with Crippen molar-refractivity contribution in [3.63, 3.8) is 0 Å². The van der Waals surface area contributed by atoms with Crippen LogP contribution in [0.2, 0.25) is 5.02 Å². The molecule has 0 saturated carbocycles. The number of benzene rings is 1. The summed E-state index contributed by atoms with van der Waals surface area (Å²) in [5, 5.41) is 13.6. The van der Waals surface area contributed by atoms with E-state index in [1.807, 2.05) is 52.0 Å². The van der Waals surface area contributed by atoms with Crippen LogP contribution in [0.25, 0.3) is 0 Å². The van der Waals surface area contributed by atoms with Crippen LogP contribution in [0.5, 0.6) is 0 Å². The number of hydrogen-bond donors (Lipinski definition) is 2. The van der Waals surface area contributed by atoms with Gasteiger partial charge in [0.15, 0.2) is 0 Å². The number of carboxylic acid groups (broad SMARTS) is 1. The van der Waals surface area contributed by atoms with Crippen LogP contribution in [0.4, 0.5) is 0 Å². The first-order chi connectivity index (χ1) is 10.8. The number of carbonyl (C=O) groups is 1. The van der Waals surface area contributed by atoms with Gasteiger partial charge in [-0.25, -0.2) is 4.79 Å². The Balaban J connectivity index is 2.41. The lowest BCUT2D eigenvalue weighted by Gasteiger charge is -2.11. The Bertz CT molecular complexity index is 703. The first-order valence-corrected chi connectivity index (χ1v) is 8.08. The van der Waals surface area contributed by atoms with E-state index in [1.165, 1.54) is 0 Å². The molecule has 2 rings (SSSR count). The van der Waals surface area contributed by atoms with Crippen molar-refractivity contribution in [1.82, 2.24) is 9.88 Å². The molecular formula is C18H23ClN2O2. The third-order valence-corrected chi connectivity index (χ3v) is 4.32. The summed E-state index contributed by atoms with van der Waals surface area (Å²) in [7, 11) is 0. The molecule has 2 aromatic rings. The number of nitrogens with zero attached hydrogens (tertiary/aromatic N) is 1. The molecular weight excluding hydrogens is 312 g/mol. The number of aromatic nitrogens is 1. The molecule has 2 N–H and O–H groups in total. The summed E-state index contributed by atoms with van der Waals surface area (Å²) >= 11 is 5.93. The summed E-state index contributed by atoms with van der Waals surface area (Å²) in [6, 6.07) is 7.94. The highest BCUT2D eigenvalue weighted by Gasteiger charge is 2.22.